The Morgan fingerprint density at radius 3 is 2.56 bits per heavy atom. The van der Waals surface area contributed by atoms with Gasteiger partial charge >= 0.3 is 12.1 Å². The summed E-state index contributed by atoms with van der Waals surface area (Å²) in [6, 6.07) is 7.77. The molecule has 174 valence electrons. The van der Waals surface area contributed by atoms with Crippen molar-refractivity contribution in [2.75, 3.05) is 20.2 Å². The van der Waals surface area contributed by atoms with Crippen LogP contribution in [0.15, 0.2) is 29.8 Å². The zero-order valence-electron chi connectivity index (χ0n) is 17.3. The number of methoxy groups -OCH3 is 1. The van der Waals surface area contributed by atoms with Gasteiger partial charge in [-0.1, -0.05) is 23.9 Å². The minimum Gasteiger partial charge on any atom is -0.497 e. The molecular weight excluding hydrogens is 451 g/mol. The Labute approximate surface area is 186 Å². The number of aromatic nitrogens is 4. The number of benzene rings is 1. The highest BCUT2D eigenvalue weighted by molar-refractivity contribution is 8.14. The van der Waals surface area contributed by atoms with E-state index in [0.29, 0.717) is 12.4 Å². The van der Waals surface area contributed by atoms with Crippen LogP contribution in [-0.4, -0.2) is 68.0 Å². The van der Waals surface area contributed by atoms with Gasteiger partial charge in [-0.15, -0.1) is 10.2 Å². The number of hydrogen-bond donors (Lipinski definition) is 2. The van der Waals surface area contributed by atoms with E-state index in [4.69, 9.17) is 14.6 Å². The Bertz CT molecular complexity index is 947. The predicted molar refractivity (Wildman–Crippen MR) is 111 cm³/mol. The monoisotopic (exact) mass is 473 g/mol. The average Bonchev–Trinajstić information content (AvgIpc) is 3.16. The largest absolute Gasteiger partial charge is 0.497 e. The van der Waals surface area contributed by atoms with Crippen molar-refractivity contribution >= 4 is 28.9 Å². The first kappa shape index (κ1) is 25.3. The van der Waals surface area contributed by atoms with Gasteiger partial charge in [-0.25, -0.2) is 4.79 Å². The summed E-state index contributed by atoms with van der Waals surface area (Å²) in [4.78, 5) is 21.9. The van der Waals surface area contributed by atoms with Gasteiger partial charge in [0.15, 0.2) is 10.9 Å². The van der Waals surface area contributed by atoms with E-state index in [2.05, 4.69) is 20.7 Å². The standard InChI is InChI=1S/C17H21N5O2S.C2HF3O2/c1-12(23)25-16-7-8-18-10-14(16)9-17-19-21-22(20-17)11-13-3-5-15(24-2)6-4-13;3-2(4,5)1(6)7/h3-6,9,16,18H,7-8,10-11H2,1-2H3;(H,6,7). The summed E-state index contributed by atoms with van der Waals surface area (Å²) < 4.78 is 36.9. The number of halogens is 3. The normalized spacial score (nSPS) is 17.4. The summed E-state index contributed by atoms with van der Waals surface area (Å²) in [5.74, 6) is -1.37. The zero-order valence-corrected chi connectivity index (χ0v) is 18.1. The number of hydrogen-bond acceptors (Lipinski definition) is 8. The van der Waals surface area contributed by atoms with Gasteiger partial charge in [-0.2, -0.15) is 18.0 Å². The molecule has 1 aromatic carbocycles. The van der Waals surface area contributed by atoms with Crippen LogP contribution in [0.1, 0.15) is 24.7 Å². The molecule has 1 aromatic heterocycles. The fraction of sp³-hybridized carbons (Fsp3) is 0.421. The molecule has 0 amide bonds. The predicted octanol–water partition coefficient (Wildman–Crippen LogP) is 2.39. The Hall–Kier alpha value is -2.93. The average molecular weight is 473 g/mol. The van der Waals surface area contributed by atoms with Crippen LogP contribution >= 0.6 is 11.8 Å². The molecule has 1 unspecified atom stereocenters. The quantitative estimate of drug-likeness (QED) is 0.675. The van der Waals surface area contributed by atoms with Gasteiger partial charge < -0.3 is 15.2 Å². The highest BCUT2D eigenvalue weighted by Crippen LogP contribution is 2.26. The van der Waals surface area contributed by atoms with E-state index >= 15 is 0 Å². The molecule has 1 fully saturated rings. The van der Waals surface area contributed by atoms with Crippen LogP contribution in [0.2, 0.25) is 0 Å². The fourth-order valence-electron chi connectivity index (χ4n) is 2.68. The topological polar surface area (TPSA) is 119 Å². The number of carbonyl (C=O) groups excluding carboxylic acids is 1. The van der Waals surface area contributed by atoms with Crippen LogP contribution in [0.25, 0.3) is 6.08 Å². The van der Waals surface area contributed by atoms with E-state index in [1.165, 1.54) is 11.8 Å². The lowest BCUT2D eigenvalue weighted by Gasteiger charge is -2.24. The van der Waals surface area contributed by atoms with Gasteiger partial charge in [0.05, 0.1) is 13.7 Å². The first-order valence-corrected chi connectivity index (χ1v) is 10.3. The number of nitrogens with one attached hydrogen (secondary N) is 1. The van der Waals surface area contributed by atoms with Crippen molar-refractivity contribution in [1.29, 1.82) is 0 Å². The van der Waals surface area contributed by atoms with Gasteiger partial charge in [0.2, 0.25) is 0 Å². The maximum Gasteiger partial charge on any atom is 0.490 e. The van der Waals surface area contributed by atoms with Crippen molar-refractivity contribution < 1.29 is 32.6 Å². The maximum atomic E-state index is 11.4. The van der Waals surface area contributed by atoms with Crippen LogP contribution < -0.4 is 10.1 Å². The Morgan fingerprint density at radius 2 is 2.00 bits per heavy atom. The molecule has 13 heteroatoms. The number of thioether (sulfide) groups is 1. The van der Waals surface area contributed by atoms with Gasteiger partial charge in [-0.3, -0.25) is 4.79 Å². The molecule has 9 nitrogen and oxygen atoms in total. The number of piperidine rings is 1. The number of alkyl halides is 3. The van der Waals surface area contributed by atoms with E-state index < -0.39 is 12.1 Å². The van der Waals surface area contributed by atoms with Crippen molar-refractivity contribution in [2.24, 2.45) is 0 Å². The summed E-state index contributed by atoms with van der Waals surface area (Å²) in [5.41, 5.74) is 2.21. The Morgan fingerprint density at radius 1 is 1.34 bits per heavy atom. The smallest absolute Gasteiger partial charge is 0.490 e. The van der Waals surface area contributed by atoms with Gasteiger partial charge in [0.25, 0.3) is 0 Å². The molecule has 0 saturated carbocycles. The first-order valence-electron chi connectivity index (χ1n) is 9.37. The lowest BCUT2D eigenvalue weighted by molar-refractivity contribution is -0.192. The molecule has 0 aliphatic carbocycles. The summed E-state index contributed by atoms with van der Waals surface area (Å²) in [6.45, 7) is 3.82. The minimum absolute atomic E-state index is 0.133. The zero-order chi connectivity index (χ0) is 23.7. The minimum atomic E-state index is -5.08. The second-order valence-electron chi connectivity index (χ2n) is 6.61. The molecule has 1 aliphatic heterocycles. The van der Waals surface area contributed by atoms with E-state index in [1.54, 1.807) is 18.8 Å². The van der Waals surface area contributed by atoms with Gasteiger partial charge in [0, 0.05) is 18.7 Å². The molecule has 0 bridgehead atoms. The van der Waals surface area contributed by atoms with E-state index in [1.807, 2.05) is 30.3 Å². The molecule has 1 atom stereocenters. The molecule has 3 rings (SSSR count). The third kappa shape index (κ3) is 8.30. The van der Waals surface area contributed by atoms with Crippen LogP contribution in [0.4, 0.5) is 13.2 Å². The molecular formula is C19H22F3N5O4S. The van der Waals surface area contributed by atoms with Gasteiger partial charge in [-0.05, 0) is 47.5 Å². The number of nitrogens with zero attached hydrogens (tertiary/aromatic N) is 4. The highest BCUT2D eigenvalue weighted by atomic mass is 32.2. The van der Waals surface area contributed by atoms with Crippen molar-refractivity contribution in [1.82, 2.24) is 25.5 Å². The number of carboxylic acid groups (broad SMARTS) is 1. The van der Waals surface area contributed by atoms with Crippen LogP contribution in [0.3, 0.4) is 0 Å². The lowest BCUT2D eigenvalue weighted by atomic mass is 10.1. The summed E-state index contributed by atoms with van der Waals surface area (Å²) in [6.07, 6.45) is -2.22. The van der Waals surface area contributed by atoms with Crippen molar-refractivity contribution in [3.63, 3.8) is 0 Å². The van der Waals surface area contributed by atoms with E-state index in [0.717, 1.165) is 36.4 Å². The number of ether oxygens (including phenoxy) is 1. The molecule has 2 aromatic rings. The van der Waals surface area contributed by atoms with E-state index in [-0.39, 0.29) is 10.4 Å². The molecule has 0 spiro atoms. The summed E-state index contributed by atoms with van der Waals surface area (Å²) >= 11 is 1.37. The second-order valence-corrected chi connectivity index (χ2v) is 7.99. The Kier molecular flexibility index (Phi) is 9.20. The lowest BCUT2D eigenvalue weighted by Crippen LogP contribution is -2.32. The number of aliphatic carboxylic acids is 1. The molecule has 2 N–H and O–H groups in total. The van der Waals surface area contributed by atoms with Crippen molar-refractivity contribution in [3.8, 4) is 5.75 Å². The van der Waals surface area contributed by atoms with Crippen LogP contribution in [0.5, 0.6) is 5.75 Å². The number of tetrazole rings is 1. The number of carboxylic acids is 1. The highest BCUT2D eigenvalue weighted by Gasteiger charge is 2.38. The fourth-order valence-corrected chi connectivity index (χ4v) is 3.62. The number of rotatable bonds is 5. The van der Waals surface area contributed by atoms with Gasteiger partial charge in [0.1, 0.15) is 5.75 Å². The number of carbonyl (C=O) groups is 2. The first-order chi connectivity index (χ1) is 15.1. The van der Waals surface area contributed by atoms with Crippen molar-refractivity contribution in [2.45, 2.75) is 31.3 Å². The molecule has 32 heavy (non-hydrogen) atoms. The van der Waals surface area contributed by atoms with Crippen LogP contribution in [-0.2, 0) is 16.1 Å². The van der Waals surface area contributed by atoms with Crippen molar-refractivity contribution in [3.05, 3.63) is 41.2 Å². The molecule has 1 saturated heterocycles. The SMILES string of the molecule is COc1ccc(Cn2nnc(C=C3CNCCC3SC(C)=O)n2)cc1.O=C(O)C(F)(F)F. The third-order valence-electron chi connectivity index (χ3n) is 4.14. The van der Waals surface area contributed by atoms with Crippen LogP contribution in [0, 0.1) is 0 Å². The third-order valence-corrected chi connectivity index (χ3v) is 5.30. The molecule has 2 heterocycles. The molecule has 0 radical (unpaired) electrons. The Balaban J connectivity index is 0.000000451. The molecule has 1 aliphatic rings. The summed E-state index contributed by atoms with van der Waals surface area (Å²) in [7, 11) is 1.64. The maximum absolute atomic E-state index is 11.4. The second kappa shape index (κ2) is 11.6. The summed E-state index contributed by atoms with van der Waals surface area (Å²) in [5, 5.41) is 23.4. The van der Waals surface area contributed by atoms with E-state index in [9.17, 15) is 18.0 Å².